The second kappa shape index (κ2) is 10.1. The van der Waals surface area contributed by atoms with Gasteiger partial charge in [-0.05, 0) is 32.4 Å². The smallest absolute Gasteiger partial charge is 0.262 e. The summed E-state index contributed by atoms with van der Waals surface area (Å²) >= 11 is 0. The number of nitrogens with one attached hydrogen (secondary N) is 2. The molecule has 0 saturated carbocycles. The number of nitrogens with zero attached hydrogens (tertiary/aromatic N) is 4. The lowest BCUT2D eigenvalue weighted by atomic mass is 10.1. The molecule has 166 valence electrons. The van der Waals surface area contributed by atoms with Gasteiger partial charge in [0.2, 0.25) is 0 Å². The number of hydrogen-bond acceptors (Lipinski definition) is 8. The molecule has 1 amide bonds. The third-order valence-electron chi connectivity index (χ3n) is 4.82. The zero-order valence-electron chi connectivity index (χ0n) is 17.5. The summed E-state index contributed by atoms with van der Waals surface area (Å²) in [5.74, 6) is 0.333. The van der Waals surface area contributed by atoms with Crippen LogP contribution in [0.2, 0.25) is 0 Å². The highest BCUT2D eigenvalue weighted by atomic mass is 19.1. The van der Waals surface area contributed by atoms with Crippen LogP contribution in [-0.2, 0) is 0 Å². The summed E-state index contributed by atoms with van der Waals surface area (Å²) in [6, 6.07) is 2.99. The first-order valence-electron chi connectivity index (χ1n) is 10.4. The standard InChI is InChI=1S/C22H23FN6O3/c1-2-31-19-7-16(23)11-28-22(19)32-18-6-14(8-25-13-18)20-26-9-15(10-27-20)21(30)29-17-4-3-5-24-12-17/h6-11,13,17,24H,2-5,12H2,1H3,(H,29,30). The van der Waals surface area contributed by atoms with Crippen molar-refractivity contribution in [2.45, 2.75) is 25.8 Å². The molecule has 1 saturated heterocycles. The van der Waals surface area contributed by atoms with Gasteiger partial charge in [0, 0.05) is 42.8 Å². The third kappa shape index (κ3) is 5.33. The highest BCUT2D eigenvalue weighted by Gasteiger charge is 2.17. The lowest BCUT2D eigenvalue weighted by Gasteiger charge is -2.23. The van der Waals surface area contributed by atoms with Crippen molar-refractivity contribution in [1.82, 2.24) is 30.6 Å². The number of halogens is 1. The van der Waals surface area contributed by atoms with Gasteiger partial charge >= 0.3 is 0 Å². The van der Waals surface area contributed by atoms with E-state index in [1.165, 1.54) is 24.7 Å². The summed E-state index contributed by atoms with van der Waals surface area (Å²) < 4.78 is 24.6. The molecule has 0 spiro atoms. The van der Waals surface area contributed by atoms with Crippen molar-refractivity contribution in [2.24, 2.45) is 0 Å². The average molecular weight is 438 g/mol. The highest BCUT2D eigenvalue weighted by Crippen LogP contribution is 2.30. The number of aromatic nitrogens is 4. The molecule has 1 atom stereocenters. The van der Waals surface area contributed by atoms with E-state index < -0.39 is 5.82 Å². The molecule has 10 heteroatoms. The lowest BCUT2D eigenvalue weighted by molar-refractivity contribution is 0.0930. The number of hydrogen-bond donors (Lipinski definition) is 2. The molecule has 1 aliphatic heterocycles. The van der Waals surface area contributed by atoms with Gasteiger partial charge in [0.1, 0.15) is 11.6 Å². The van der Waals surface area contributed by atoms with Crippen LogP contribution in [0.1, 0.15) is 30.1 Å². The number of carbonyl (C=O) groups is 1. The van der Waals surface area contributed by atoms with Gasteiger partial charge in [0.05, 0.1) is 24.6 Å². The van der Waals surface area contributed by atoms with Crippen LogP contribution in [0.15, 0.2) is 43.1 Å². The first kappa shape index (κ1) is 21.6. The van der Waals surface area contributed by atoms with Crippen molar-refractivity contribution < 1.29 is 18.7 Å². The molecule has 32 heavy (non-hydrogen) atoms. The number of amides is 1. The second-order valence-electron chi connectivity index (χ2n) is 7.21. The largest absolute Gasteiger partial charge is 0.488 e. The third-order valence-corrected chi connectivity index (χ3v) is 4.82. The maximum Gasteiger partial charge on any atom is 0.262 e. The molecule has 1 aliphatic rings. The minimum Gasteiger partial charge on any atom is -0.488 e. The average Bonchev–Trinajstić information content (AvgIpc) is 2.82. The van der Waals surface area contributed by atoms with E-state index in [2.05, 4.69) is 30.6 Å². The summed E-state index contributed by atoms with van der Waals surface area (Å²) in [4.78, 5) is 29.1. The van der Waals surface area contributed by atoms with E-state index in [-0.39, 0.29) is 23.6 Å². The number of rotatable bonds is 7. The molecule has 4 rings (SSSR count). The van der Waals surface area contributed by atoms with Gasteiger partial charge in [-0.3, -0.25) is 9.78 Å². The Morgan fingerprint density at radius 1 is 1.19 bits per heavy atom. The van der Waals surface area contributed by atoms with Crippen LogP contribution in [-0.4, -0.2) is 51.6 Å². The molecule has 1 unspecified atom stereocenters. The Kier molecular flexibility index (Phi) is 6.81. The molecular formula is C22H23FN6O3. The Hall–Kier alpha value is -3.66. The van der Waals surface area contributed by atoms with Gasteiger partial charge in [-0.25, -0.2) is 19.3 Å². The molecule has 0 aromatic carbocycles. The maximum absolute atomic E-state index is 13.5. The van der Waals surface area contributed by atoms with Crippen LogP contribution in [0.5, 0.6) is 17.4 Å². The molecule has 4 heterocycles. The van der Waals surface area contributed by atoms with E-state index in [0.717, 1.165) is 32.1 Å². The normalized spacial score (nSPS) is 15.8. The van der Waals surface area contributed by atoms with Gasteiger partial charge < -0.3 is 20.1 Å². The zero-order valence-corrected chi connectivity index (χ0v) is 17.5. The van der Waals surface area contributed by atoms with E-state index in [1.54, 1.807) is 19.2 Å². The predicted octanol–water partition coefficient (Wildman–Crippen LogP) is 2.75. The summed E-state index contributed by atoms with van der Waals surface area (Å²) in [6.07, 6.45) is 9.06. The predicted molar refractivity (Wildman–Crippen MR) is 114 cm³/mol. The Morgan fingerprint density at radius 2 is 2.03 bits per heavy atom. The molecular weight excluding hydrogens is 415 g/mol. The minimum atomic E-state index is -0.523. The Bertz CT molecular complexity index is 1070. The van der Waals surface area contributed by atoms with E-state index in [4.69, 9.17) is 9.47 Å². The molecule has 1 fully saturated rings. The Morgan fingerprint density at radius 3 is 2.78 bits per heavy atom. The number of piperidine rings is 1. The van der Waals surface area contributed by atoms with Crippen molar-refractivity contribution in [3.63, 3.8) is 0 Å². The lowest BCUT2D eigenvalue weighted by Crippen LogP contribution is -2.45. The summed E-state index contributed by atoms with van der Waals surface area (Å²) in [5, 5.41) is 6.25. The topological polar surface area (TPSA) is 111 Å². The molecule has 3 aromatic heterocycles. The quantitative estimate of drug-likeness (QED) is 0.579. The molecule has 0 radical (unpaired) electrons. The van der Waals surface area contributed by atoms with E-state index in [1.807, 2.05) is 0 Å². The van der Waals surface area contributed by atoms with Crippen molar-refractivity contribution in [1.29, 1.82) is 0 Å². The maximum atomic E-state index is 13.5. The Labute approximate surface area is 184 Å². The van der Waals surface area contributed by atoms with Crippen LogP contribution in [0.25, 0.3) is 11.4 Å². The number of carbonyl (C=O) groups excluding carboxylic acids is 1. The van der Waals surface area contributed by atoms with E-state index >= 15 is 0 Å². The van der Waals surface area contributed by atoms with Crippen molar-refractivity contribution >= 4 is 5.91 Å². The van der Waals surface area contributed by atoms with Gasteiger partial charge in [0.15, 0.2) is 11.6 Å². The summed E-state index contributed by atoms with van der Waals surface area (Å²) in [7, 11) is 0. The first-order chi connectivity index (χ1) is 15.6. The van der Waals surface area contributed by atoms with Crippen molar-refractivity contribution in [3.8, 4) is 28.8 Å². The van der Waals surface area contributed by atoms with Gasteiger partial charge in [0.25, 0.3) is 11.8 Å². The van der Waals surface area contributed by atoms with Gasteiger partial charge in [-0.15, -0.1) is 0 Å². The van der Waals surface area contributed by atoms with E-state index in [9.17, 15) is 9.18 Å². The fourth-order valence-corrected chi connectivity index (χ4v) is 3.29. The number of ether oxygens (including phenoxy) is 2. The van der Waals surface area contributed by atoms with Crippen LogP contribution >= 0.6 is 0 Å². The minimum absolute atomic E-state index is 0.107. The molecule has 0 bridgehead atoms. The molecule has 9 nitrogen and oxygen atoms in total. The SMILES string of the molecule is CCOc1cc(F)cnc1Oc1cncc(-c2ncc(C(=O)NC3CCCNC3)cn2)c1. The summed E-state index contributed by atoms with van der Waals surface area (Å²) in [6.45, 7) is 3.86. The zero-order chi connectivity index (χ0) is 22.3. The van der Waals surface area contributed by atoms with Crippen LogP contribution in [0.3, 0.4) is 0 Å². The molecule has 3 aromatic rings. The monoisotopic (exact) mass is 438 g/mol. The first-order valence-corrected chi connectivity index (χ1v) is 10.4. The van der Waals surface area contributed by atoms with Crippen LogP contribution in [0, 0.1) is 5.82 Å². The fraction of sp³-hybridized carbons (Fsp3) is 0.318. The molecule has 0 aliphatic carbocycles. The fourth-order valence-electron chi connectivity index (χ4n) is 3.29. The molecule has 2 N–H and O–H groups in total. The second-order valence-corrected chi connectivity index (χ2v) is 7.21. The summed E-state index contributed by atoms with van der Waals surface area (Å²) in [5.41, 5.74) is 0.975. The van der Waals surface area contributed by atoms with Crippen LogP contribution in [0.4, 0.5) is 4.39 Å². The van der Waals surface area contributed by atoms with Gasteiger partial charge in [-0.1, -0.05) is 0 Å². The van der Waals surface area contributed by atoms with Crippen molar-refractivity contribution in [3.05, 3.63) is 54.5 Å². The van der Waals surface area contributed by atoms with Crippen molar-refractivity contribution in [2.75, 3.05) is 19.7 Å². The Balaban J connectivity index is 1.47. The number of pyridine rings is 2. The van der Waals surface area contributed by atoms with Gasteiger partial charge in [-0.2, -0.15) is 0 Å². The van der Waals surface area contributed by atoms with E-state index in [0.29, 0.717) is 29.3 Å². The van der Waals surface area contributed by atoms with Crippen LogP contribution < -0.4 is 20.1 Å². The highest BCUT2D eigenvalue weighted by molar-refractivity contribution is 5.93.